The van der Waals surface area contributed by atoms with E-state index in [0.29, 0.717) is 37.5 Å². The number of nitrogens with one attached hydrogen (secondary N) is 3. The lowest BCUT2D eigenvalue weighted by molar-refractivity contribution is -0.139. The summed E-state index contributed by atoms with van der Waals surface area (Å²) < 4.78 is 0. The quantitative estimate of drug-likeness (QED) is 0.663. The number of benzene rings is 1. The van der Waals surface area contributed by atoms with E-state index in [1.807, 2.05) is 18.2 Å². The Bertz CT molecular complexity index is 859. The minimum Gasteiger partial charge on any atom is -0.362 e. The Kier molecular flexibility index (Phi) is 6.18. The number of amides is 3. The molecule has 3 aliphatic heterocycles. The number of nitrogens with zero attached hydrogens (tertiary/aromatic N) is 2. The van der Waals surface area contributed by atoms with Gasteiger partial charge >= 0.3 is 0 Å². The lowest BCUT2D eigenvalue weighted by Gasteiger charge is -2.40. The van der Waals surface area contributed by atoms with Crippen LogP contribution in [0.15, 0.2) is 24.3 Å². The molecule has 3 N–H and O–H groups in total. The van der Waals surface area contributed by atoms with E-state index in [9.17, 15) is 14.4 Å². The summed E-state index contributed by atoms with van der Waals surface area (Å²) in [5.74, 6) is -0.290. The Balaban J connectivity index is 1.39. The van der Waals surface area contributed by atoms with Crippen LogP contribution in [0.2, 0.25) is 0 Å². The van der Waals surface area contributed by atoms with Crippen LogP contribution in [-0.4, -0.2) is 71.4 Å². The first-order chi connectivity index (χ1) is 14.9. The Hall–Kier alpha value is -2.61. The van der Waals surface area contributed by atoms with Crippen molar-refractivity contribution in [1.29, 1.82) is 0 Å². The third kappa shape index (κ3) is 4.39. The van der Waals surface area contributed by atoms with Crippen LogP contribution in [0.5, 0.6) is 0 Å². The predicted octanol–water partition coefficient (Wildman–Crippen LogP) is 1.54. The van der Waals surface area contributed by atoms with Crippen LogP contribution in [0.25, 0.3) is 0 Å². The number of para-hydroxylation sites is 1. The first-order valence-electron chi connectivity index (χ1n) is 11.4. The summed E-state index contributed by atoms with van der Waals surface area (Å²) in [7, 11) is 0. The lowest BCUT2D eigenvalue weighted by Crippen LogP contribution is -2.58. The highest BCUT2D eigenvalue weighted by molar-refractivity contribution is 6.02. The second-order valence-electron chi connectivity index (χ2n) is 8.89. The highest BCUT2D eigenvalue weighted by Crippen LogP contribution is 2.32. The molecule has 0 saturated carbocycles. The minimum absolute atomic E-state index is 0.0505. The summed E-state index contributed by atoms with van der Waals surface area (Å²) in [5.41, 5.74) is 0.730. The summed E-state index contributed by atoms with van der Waals surface area (Å²) in [6.45, 7) is 7.04. The predicted molar refractivity (Wildman–Crippen MR) is 119 cm³/mol. The average Bonchev–Trinajstić information content (AvgIpc) is 3.17. The SMILES string of the molecule is CCN1CCCC1CNC(=O)C(C)N1CCC2(CCC1=O)NC(=O)c1ccccc1N2. The molecule has 3 unspecified atom stereocenters. The maximum Gasteiger partial charge on any atom is 0.255 e. The number of hydrogen-bond donors (Lipinski definition) is 3. The first kappa shape index (κ1) is 21.6. The standard InChI is InChI=1S/C23H33N5O3/c1-3-27-13-6-7-17(27)15-24-21(30)16(2)28-14-12-23(11-10-20(28)29)25-19-9-5-4-8-18(19)22(31)26-23/h4-5,8-9,16-17,25H,3,6-7,10-15H2,1-2H3,(H,24,30)(H,26,31). The molecule has 2 saturated heterocycles. The van der Waals surface area contributed by atoms with Crippen molar-refractivity contribution in [2.75, 3.05) is 31.5 Å². The highest BCUT2D eigenvalue weighted by Gasteiger charge is 2.41. The molecule has 0 aliphatic carbocycles. The van der Waals surface area contributed by atoms with Gasteiger partial charge in [0.05, 0.1) is 5.56 Å². The number of likely N-dealkylation sites (tertiary alicyclic amines) is 2. The fraction of sp³-hybridized carbons (Fsp3) is 0.609. The maximum absolute atomic E-state index is 12.9. The van der Waals surface area contributed by atoms with Crippen LogP contribution < -0.4 is 16.0 Å². The second-order valence-corrected chi connectivity index (χ2v) is 8.89. The van der Waals surface area contributed by atoms with Gasteiger partial charge in [0.15, 0.2) is 0 Å². The van der Waals surface area contributed by atoms with Crippen molar-refractivity contribution in [1.82, 2.24) is 20.4 Å². The molecular formula is C23H33N5O3. The number of anilines is 1. The largest absolute Gasteiger partial charge is 0.362 e. The Morgan fingerprint density at radius 2 is 2.03 bits per heavy atom. The van der Waals surface area contributed by atoms with Crippen molar-refractivity contribution >= 4 is 23.4 Å². The van der Waals surface area contributed by atoms with Crippen LogP contribution in [0.3, 0.4) is 0 Å². The van der Waals surface area contributed by atoms with E-state index >= 15 is 0 Å². The molecule has 8 nitrogen and oxygen atoms in total. The number of carbonyl (C=O) groups is 3. The summed E-state index contributed by atoms with van der Waals surface area (Å²) in [4.78, 5) is 42.4. The lowest BCUT2D eigenvalue weighted by atomic mass is 9.95. The second kappa shape index (κ2) is 8.86. The van der Waals surface area contributed by atoms with E-state index in [1.165, 1.54) is 6.42 Å². The van der Waals surface area contributed by atoms with E-state index in [4.69, 9.17) is 0 Å². The summed E-state index contributed by atoms with van der Waals surface area (Å²) in [6.07, 6.45) is 3.57. The fourth-order valence-electron chi connectivity index (χ4n) is 5.10. The molecule has 168 valence electrons. The molecule has 4 rings (SSSR count). The number of likely N-dealkylation sites (N-methyl/N-ethyl adjacent to an activating group) is 1. The maximum atomic E-state index is 12.9. The number of fused-ring (bicyclic) bond motifs is 1. The number of carbonyl (C=O) groups excluding carboxylic acids is 3. The molecule has 1 aromatic carbocycles. The van der Waals surface area contributed by atoms with Crippen molar-refractivity contribution in [3.63, 3.8) is 0 Å². The van der Waals surface area contributed by atoms with Crippen molar-refractivity contribution < 1.29 is 14.4 Å². The third-order valence-electron chi connectivity index (χ3n) is 7.03. The number of rotatable bonds is 5. The van der Waals surface area contributed by atoms with Crippen molar-refractivity contribution in [3.8, 4) is 0 Å². The van der Waals surface area contributed by atoms with Crippen LogP contribution in [-0.2, 0) is 9.59 Å². The zero-order valence-corrected chi connectivity index (χ0v) is 18.4. The summed E-state index contributed by atoms with van der Waals surface area (Å²) >= 11 is 0. The molecule has 0 aromatic heterocycles. The summed E-state index contributed by atoms with van der Waals surface area (Å²) in [6, 6.07) is 7.25. The molecule has 3 heterocycles. The Labute approximate surface area is 183 Å². The van der Waals surface area contributed by atoms with Gasteiger partial charge in [-0.05, 0) is 51.4 Å². The monoisotopic (exact) mass is 427 g/mol. The molecule has 3 aliphatic rings. The molecule has 2 fully saturated rings. The number of hydrogen-bond acceptors (Lipinski definition) is 5. The first-order valence-corrected chi connectivity index (χ1v) is 11.4. The van der Waals surface area contributed by atoms with E-state index in [-0.39, 0.29) is 24.1 Å². The highest BCUT2D eigenvalue weighted by atomic mass is 16.2. The van der Waals surface area contributed by atoms with Gasteiger partial charge in [-0.1, -0.05) is 19.1 Å². The van der Waals surface area contributed by atoms with E-state index in [1.54, 1.807) is 17.9 Å². The van der Waals surface area contributed by atoms with Gasteiger partial charge in [-0.15, -0.1) is 0 Å². The van der Waals surface area contributed by atoms with Crippen LogP contribution in [0.1, 0.15) is 56.3 Å². The molecule has 3 atom stereocenters. The van der Waals surface area contributed by atoms with Gasteiger partial charge in [0, 0.05) is 37.7 Å². The van der Waals surface area contributed by atoms with Gasteiger partial charge in [0.25, 0.3) is 5.91 Å². The van der Waals surface area contributed by atoms with Gasteiger partial charge in [0.1, 0.15) is 11.7 Å². The van der Waals surface area contributed by atoms with Gasteiger partial charge in [-0.2, -0.15) is 0 Å². The molecule has 1 spiro atoms. The van der Waals surface area contributed by atoms with Gasteiger partial charge in [-0.3, -0.25) is 19.3 Å². The van der Waals surface area contributed by atoms with Crippen molar-refractivity contribution in [3.05, 3.63) is 29.8 Å². The zero-order chi connectivity index (χ0) is 22.0. The van der Waals surface area contributed by atoms with E-state index < -0.39 is 11.7 Å². The van der Waals surface area contributed by atoms with Crippen molar-refractivity contribution in [2.45, 2.75) is 63.7 Å². The zero-order valence-electron chi connectivity index (χ0n) is 18.4. The van der Waals surface area contributed by atoms with E-state index in [2.05, 4.69) is 27.8 Å². The normalized spacial score (nSPS) is 27.3. The topological polar surface area (TPSA) is 93.8 Å². The van der Waals surface area contributed by atoms with Crippen LogP contribution in [0.4, 0.5) is 5.69 Å². The molecule has 0 radical (unpaired) electrons. The smallest absolute Gasteiger partial charge is 0.255 e. The minimum atomic E-state index is -0.669. The Morgan fingerprint density at radius 1 is 1.23 bits per heavy atom. The molecule has 8 heteroatoms. The summed E-state index contributed by atoms with van der Waals surface area (Å²) in [5, 5.41) is 9.58. The van der Waals surface area contributed by atoms with Crippen LogP contribution >= 0.6 is 0 Å². The van der Waals surface area contributed by atoms with Crippen molar-refractivity contribution in [2.24, 2.45) is 0 Å². The van der Waals surface area contributed by atoms with Gasteiger partial charge < -0.3 is 20.9 Å². The third-order valence-corrected chi connectivity index (χ3v) is 7.03. The molecular weight excluding hydrogens is 394 g/mol. The molecule has 1 aromatic rings. The molecule has 31 heavy (non-hydrogen) atoms. The molecule has 3 amide bonds. The average molecular weight is 428 g/mol. The Morgan fingerprint density at radius 3 is 2.84 bits per heavy atom. The van der Waals surface area contributed by atoms with Gasteiger partial charge in [-0.25, -0.2) is 0 Å². The van der Waals surface area contributed by atoms with Crippen LogP contribution in [0, 0.1) is 0 Å². The van der Waals surface area contributed by atoms with Gasteiger partial charge in [0.2, 0.25) is 11.8 Å². The van der Waals surface area contributed by atoms with E-state index in [0.717, 1.165) is 25.2 Å². The fourth-order valence-corrected chi connectivity index (χ4v) is 5.10. The molecule has 0 bridgehead atoms.